The predicted octanol–water partition coefficient (Wildman–Crippen LogP) is 0.0591. The SMILES string of the molecule is Cl.NC(=O)[C@]1(N)CC[C@H]2[C@H](C(=O)N[C@@H](Cc3ccccc3)C(=O)O)[C@H]21. The molecule has 0 radical (unpaired) electrons. The lowest BCUT2D eigenvalue weighted by Gasteiger charge is -2.23. The molecule has 2 saturated carbocycles. The Hall–Kier alpha value is -2.12. The lowest BCUT2D eigenvalue weighted by molar-refractivity contribution is -0.142. The maximum Gasteiger partial charge on any atom is 0.326 e. The van der Waals surface area contributed by atoms with E-state index in [1.165, 1.54) is 0 Å². The first kappa shape index (κ1) is 19.2. The fourth-order valence-corrected chi connectivity index (χ4v) is 3.97. The summed E-state index contributed by atoms with van der Waals surface area (Å²) in [6.07, 6.45) is 1.35. The van der Waals surface area contributed by atoms with Gasteiger partial charge in [0.2, 0.25) is 11.8 Å². The van der Waals surface area contributed by atoms with Crippen LogP contribution in [0.25, 0.3) is 0 Å². The zero-order valence-electron chi connectivity index (χ0n) is 13.6. The normalized spacial score (nSPS) is 30.5. The third kappa shape index (κ3) is 3.48. The Balaban J connectivity index is 0.00000225. The second-order valence-corrected chi connectivity index (χ2v) is 6.75. The van der Waals surface area contributed by atoms with Crippen molar-refractivity contribution in [1.82, 2.24) is 5.32 Å². The molecule has 7 nitrogen and oxygen atoms in total. The van der Waals surface area contributed by atoms with Crippen LogP contribution in [0.5, 0.6) is 0 Å². The van der Waals surface area contributed by atoms with Crippen molar-refractivity contribution in [3.8, 4) is 0 Å². The van der Waals surface area contributed by atoms with Crippen molar-refractivity contribution in [2.75, 3.05) is 0 Å². The molecule has 8 heteroatoms. The third-order valence-corrected chi connectivity index (χ3v) is 5.31. The number of fused-ring (bicyclic) bond motifs is 1. The Kier molecular flexibility index (Phi) is 5.39. The van der Waals surface area contributed by atoms with Crippen molar-refractivity contribution >= 4 is 30.2 Å². The van der Waals surface area contributed by atoms with Crippen LogP contribution in [0.3, 0.4) is 0 Å². The number of rotatable bonds is 6. The molecule has 136 valence electrons. The van der Waals surface area contributed by atoms with E-state index in [1.54, 1.807) is 0 Å². The zero-order valence-corrected chi connectivity index (χ0v) is 14.4. The summed E-state index contributed by atoms with van der Waals surface area (Å²) in [6.45, 7) is 0. The Morgan fingerprint density at radius 2 is 1.92 bits per heavy atom. The van der Waals surface area contributed by atoms with Crippen LogP contribution in [0.4, 0.5) is 0 Å². The predicted molar refractivity (Wildman–Crippen MR) is 92.8 cm³/mol. The monoisotopic (exact) mass is 367 g/mol. The van der Waals surface area contributed by atoms with Gasteiger partial charge in [-0.05, 0) is 24.3 Å². The summed E-state index contributed by atoms with van der Waals surface area (Å²) in [5.74, 6) is -2.72. The lowest BCUT2D eigenvalue weighted by atomic mass is 9.90. The largest absolute Gasteiger partial charge is 0.480 e. The minimum atomic E-state index is -1.15. The summed E-state index contributed by atoms with van der Waals surface area (Å²) in [7, 11) is 0. The first-order valence-corrected chi connectivity index (χ1v) is 8.00. The average Bonchev–Trinajstić information content (AvgIpc) is 3.18. The van der Waals surface area contributed by atoms with Crippen molar-refractivity contribution < 1.29 is 19.5 Å². The summed E-state index contributed by atoms with van der Waals surface area (Å²) in [6, 6.07) is 8.08. The van der Waals surface area contributed by atoms with E-state index in [4.69, 9.17) is 11.5 Å². The number of carboxylic acid groups (broad SMARTS) is 1. The van der Waals surface area contributed by atoms with Gasteiger partial charge >= 0.3 is 5.97 Å². The highest BCUT2D eigenvalue weighted by Gasteiger charge is 2.69. The smallest absolute Gasteiger partial charge is 0.326 e. The highest BCUT2D eigenvalue weighted by molar-refractivity contribution is 5.92. The Morgan fingerprint density at radius 1 is 1.28 bits per heavy atom. The highest BCUT2D eigenvalue weighted by atomic mass is 35.5. The van der Waals surface area contributed by atoms with Gasteiger partial charge in [0.1, 0.15) is 6.04 Å². The molecule has 1 aromatic carbocycles. The third-order valence-electron chi connectivity index (χ3n) is 5.31. The van der Waals surface area contributed by atoms with E-state index in [9.17, 15) is 19.5 Å². The number of aliphatic carboxylic acids is 1. The number of hydrogen-bond acceptors (Lipinski definition) is 4. The lowest BCUT2D eigenvalue weighted by Crippen LogP contribution is -2.54. The molecule has 0 spiro atoms. The number of amides is 2. The van der Waals surface area contributed by atoms with Crippen LogP contribution in [-0.2, 0) is 20.8 Å². The minimum absolute atomic E-state index is 0. The Bertz CT molecular complexity index is 684. The standard InChI is InChI=1S/C17H21N3O4.ClH/c18-16(24)17(19)7-6-10-12(13(10)17)14(21)20-11(15(22)23)8-9-4-2-1-3-5-9;/h1-5,10-13H,6-8,19H2,(H2,18,24)(H,20,21)(H,22,23);1H/t10-,11-,12-,13-,17-;/m0./s1. The summed E-state index contributed by atoms with van der Waals surface area (Å²) >= 11 is 0. The maximum absolute atomic E-state index is 12.5. The van der Waals surface area contributed by atoms with Gasteiger partial charge in [0, 0.05) is 18.3 Å². The van der Waals surface area contributed by atoms with Crippen LogP contribution in [0.1, 0.15) is 18.4 Å². The molecule has 1 aromatic rings. The van der Waals surface area contributed by atoms with Crippen molar-refractivity contribution in [2.45, 2.75) is 30.8 Å². The van der Waals surface area contributed by atoms with Crippen molar-refractivity contribution in [2.24, 2.45) is 29.2 Å². The topological polar surface area (TPSA) is 136 Å². The second kappa shape index (κ2) is 7.01. The van der Waals surface area contributed by atoms with E-state index in [0.717, 1.165) is 5.56 Å². The molecule has 0 heterocycles. The second-order valence-electron chi connectivity index (χ2n) is 6.75. The average molecular weight is 368 g/mol. The van der Waals surface area contributed by atoms with E-state index in [0.29, 0.717) is 12.8 Å². The molecule has 0 aromatic heterocycles. The van der Waals surface area contributed by atoms with Crippen LogP contribution < -0.4 is 16.8 Å². The van der Waals surface area contributed by atoms with E-state index < -0.39 is 29.4 Å². The molecule has 5 atom stereocenters. The fourth-order valence-electron chi connectivity index (χ4n) is 3.97. The number of hydrogen-bond donors (Lipinski definition) is 4. The summed E-state index contributed by atoms with van der Waals surface area (Å²) in [5.41, 5.74) is 11.1. The molecule has 2 amide bonds. The number of carbonyl (C=O) groups is 3. The van der Waals surface area contributed by atoms with Crippen LogP contribution in [0, 0.1) is 17.8 Å². The Labute approximate surface area is 151 Å². The van der Waals surface area contributed by atoms with Crippen LogP contribution in [0.2, 0.25) is 0 Å². The number of carboxylic acids is 1. The van der Waals surface area contributed by atoms with E-state index in [1.807, 2.05) is 30.3 Å². The molecule has 2 fully saturated rings. The molecular weight excluding hydrogens is 346 g/mol. The molecule has 0 aliphatic heterocycles. The minimum Gasteiger partial charge on any atom is -0.480 e. The van der Waals surface area contributed by atoms with Gasteiger partial charge in [0.05, 0.1) is 5.54 Å². The van der Waals surface area contributed by atoms with Gasteiger partial charge in [-0.3, -0.25) is 9.59 Å². The van der Waals surface area contributed by atoms with E-state index in [2.05, 4.69) is 5.32 Å². The van der Waals surface area contributed by atoms with Crippen LogP contribution >= 0.6 is 12.4 Å². The van der Waals surface area contributed by atoms with E-state index >= 15 is 0 Å². The van der Waals surface area contributed by atoms with Crippen molar-refractivity contribution in [1.29, 1.82) is 0 Å². The summed E-state index contributed by atoms with van der Waals surface area (Å²) in [4.78, 5) is 35.5. The zero-order chi connectivity index (χ0) is 17.5. The molecule has 0 unspecified atom stereocenters. The van der Waals surface area contributed by atoms with Crippen LogP contribution in [0.15, 0.2) is 30.3 Å². The highest BCUT2D eigenvalue weighted by Crippen LogP contribution is 2.61. The maximum atomic E-state index is 12.5. The molecule has 0 saturated heterocycles. The Morgan fingerprint density at radius 3 is 2.48 bits per heavy atom. The molecule has 25 heavy (non-hydrogen) atoms. The number of carbonyl (C=O) groups excluding carboxylic acids is 2. The van der Waals surface area contributed by atoms with Gasteiger partial charge in [0.15, 0.2) is 0 Å². The molecule has 6 N–H and O–H groups in total. The molecule has 2 aliphatic carbocycles. The first-order chi connectivity index (χ1) is 11.3. The fraction of sp³-hybridized carbons (Fsp3) is 0.471. The summed E-state index contributed by atoms with van der Waals surface area (Å²) < 4.78 is 0. The number of halogens is 1. The number of nitrogens with two attached hydrogens (primary N) is 2. The summed E-state index contributed by atoms with van der Waals surface area (Å²) in [5, 5.41) is 12.0. The van der Waals surface area contributed by atoms with Gasteiger partial charge in [-0.1, -0.05) is 30.3 Å². The van der Waals surface area contributed by atoms with Crippen molar-refractivity contribution in [3.63, 3.8) is 0 Å². The van der Waals surface area contributed by atoms with Gasteiger partial charge in [-0.25, -0.2) is 4.79 Å². The van der Waals surface area contributed by atoms with Crippen molar-refractivity contribution in [3.05, 3.63) is 35.9 Å². The number of nitrogens with one attached hydrogen (secondary N) is 1. The van der Waals surface area contributed by atoms with Gasteiger partial charge in [-0.15, -0.1) is 12.4 Å². The van der Waals surface area contributed by atoms with Gasteiger partial charge < -0.3 is 21.9 Å². The quantitative estimate of drug-likeness (QED) is 0.563. The molecule has 2 aliphatic rings. The first-order valence-electron chi connectivity index (χ1n) is 8.00. The molecule has 0 bridgehead atoms. The van der Waals surface area contributed by atoms with Crippen LogP contribution in [-0.4, -0.2) is 34.5 Å². The number of primary amides is 1. The van der Waals surface area contributed by atoms with Gasteiger partial charge in [0.25, 0.3) is 0 Å². The number of benzene rings is 1. The van der Waals surface area contributed by atoms with Gasteiger partial charge in [-0.2, -0.15) is 0 Å². The van der Waals surface area contributed by atoms with E-state index in [-0.39, 0.29) is 36.6 Å². The molecular formula is C17H22ClN3O4. The molecule has 3 rings (SSSR count).